The summed E-state index contributed by atoms with van der Waals surface area (Å²) < 4.78 is 1.87. The maximum Gasteiger partial charge on any atom is 0.274 e. The van der Waals surface area contributed by atoms with E-state index in [0.29, 0.717) is 5.69 Å². The summed E-state index contributed by atoms with van der Waals surface area (Å²) in [6.45, 7) is 6.04. The average molecular weight is 293 g/mol. The Hall–Kier alpha value is -2.62. The van der Waals surface area contributed by atoms with E-state index in [0.717, 1.165) is 34.6 Å². The molecule has 0 radical (unpaired) electrons. The molecular formula is C18H19N3O. The van der Waals surface area contributed by atoms with Gasteiger partial charge in [-0.1, -0.05) is 30.7 Å². The van der Waals surface area contributed by atoms with E-state index in [1.165, 1.54) is 0 Å². The van der Waals surface area contributed by atoms with Gasteiger partial charge >= 0.3 is 0 Å². The normalized spacial score (nSPS) is 10.9. The number of hydrogen-bond acceptors (Lipinski definition) is 2. The summed E-state index contributed by atoms with van der Waals surface area (Å²) in [5, 5.41) is 2.96. The zero-order valence-electron chi connectivity index (χ0n) is 13.1. The van der Waals surface area contributed by atoms with Crippen LogP contribution in [0.25, 0.3) is 5.65 Å². The predicted octanol–water partition coefficient (Wildman–Crippen LogP) is 3.77. The lowest BCUT2D eigenvalue weighted by atomic mass is 10.2. The van der Waals surface area contributed by atoms with Gasteiger partial charge in [-0.05, 0) is 44.0 Å². The second-order valence-corrected chi connectivity index (χ2v) is 5.52. The van der Waals surface area contributed by atoms with Crippen LogP contribution in [0.15, 0.2) is 42.6 Å². The van der Waals surface area contributed by atoms with Crippen LogP contribution in [0.1, 0.15) is 34.2 Å². The van der Waals surface area contributed by atoms with Gasteiger partial charge in [0.15, 0.2) is 0 Å². The van der Waals surface area contributed by atoms with Crippen LogP contribution in [0.2, 0.25) is 0 Å². The Morgan fingerprint density at radius 3 is 2.45 bits per heavy atom. The molecular weight excluding hydrogens is 274 g/mol. The maximum absolute atomic E-state index is 12.7. The molecule has 0 atom stereocenters. The van der Waals surface area contributed by atoms with Crippen LogP contribution in [0, 0.1) is 13.8 Å². The predicted molar refractivity (Wildman–Crippen MR) is 88.4 cm³/mol. The standard InChI is InChI=1S/C18H19N3O/c1-4-15-17(21-11-13(3)7-10-16(21)20-15)18(22)19-14-8-5-12(2)6-9-14/h5-11H,4H2,1-3H3,(H,19,22). The van der Waals surface area contributed by atoms with Gasteiger partial charge in [-0.25, -0.2) is 4.98 Å². The van der Waals surface area contributed by atoms with Crippen molar-refractivity contribution in [2.45, 2.75) is 27.2 Å². The van der Waals surface area contributed by atoms with Crippen molar-refractivity contribution in [2.24, 2.45) is 0 Å². The summed E-state index contributed by atoms with van der Waals surface area (Å²) in [5.41, 5.74) is 5.28. The molecule has 0 bridgehead atoms. The largest absolute Gasteiger partial charge is 0.321 e. The quantitative estimate of drug-likeness (QED) is 0.799. The van der Waals surface area contributed by atoms with Crippen LogP contribution in [-0.4, -0.2) is 15.3 Å². The van der Waals surface area contributed by atoms with Gasteiger partial charge in [0, 0.05) is 11.9 Å². The molecule has 0 fully saturated rings. The second kappa shape index (κ2) is 5.64. The van der Waals surface area contributed by atoms with Crippen LogP contribution in [0.4, 0.5) is 5.69 Å². The Morgan fingerprint density at radius 1 is 1.09 bits per heavy atom. The van der Waals surface area contributed by atoms with E-state index < -0.39 is 0 Å². The number of nitrogens with zero attached hydrogens (tertiary/aromatic N) is 2. The number of nitrogens with one attached hydrogen (secondary N) is 1. The Kier molecular flexibility index (Phi) is 3.67. The molecule has 0 spiro atoms. The zero-order valence-corrected chi connectivity index (χ0v) is 13.1. The fraction of sp³-hybridized carbons (Fsp3) is 0.222. The minimum absolute atomic E-state index is 0.126. The van der Waals surface area contributed by atoms with Crippen LogP contribution in [-0.2, 0) is 6.42 Å². The highest BCUT2D eigenvalue weighted by atomic mass is 16.2. The van der Waals surface area contributed by atoms with Crippen LogP contribution >= 0.6 is 0 Å². The molecule has 4 heteroatoms. The Bertz CT molecular complexity index is 831. The molecule has 1 amide bonds. The number of amides is 1. The summed E-state index contributed by atoms with van der Waals surface area (Å²) >= 11 is 0. The van der Waals surface area contributed by atoms with Gasteiger partial charge in [-0.15, -0.1) is 0 Å². The summed E-state index contributed by atoms with van der Waals surface area (Å²) in [4.78, 5) is 17.2. The fourth-order valence-electron chi connectivity index (χ4n) is 2.51. The number of anilines is 1. The molecule has 0 aliphatic heterocycles. The number of imidazole rings is 1. The first-order chi connectivity index (χ1) is 10.6. The molecule has 0 saturated carbocycles. The van der Waals surface area contributed by atoms with Gasteiger partial charge < -0.3 is 5.32 Å². The molecule has 2 aromatic heterocycles. The van der Waals surface area contributed by atoms with Gasteiger partial charge in [0.25, 0.3) is 5.91 Å². The monoisotopic (exact) mass is 293 g/mol. The van der Waals surface area contributed by atoms with Gasteiger partial charge in [0.2, 0.25) is 0 Å². The molecule has 0 unspecified atom stereocenters. The number of hydrogen-bond donors (Lipinski definition) is 1. The molecule has 1 N–H and O–H groups in total. The molecule has 112 valence electrons. The number of carbonyl (C=O) groups is 1. The highest BCUT2D eigenvalue weighted by Gasteiger charge is 2.18. The topological polar surface area (TPSA) is 46.4 Å². The van der Waals surface area contributed by atoms with Gasteiger partial charge in [0.1, 0.15) is 11.3 Å². The van der Waals surface area contributed by atoms with Crippen LogP contribution in [0.3, 0.4) is 0 Å². The molecule has 0 aliphatic rings. The highest BCUT2D eigenvalue weighted by Crippen LogP contribution is 2.17. The van der Waals surface area contributed by atoms with E-state index in [4.69, 9.17) is 0 Å². The molecule has 4 nitrogen and oxygen atoms in total. The molecule has 2 heterocycles. The van der Waals surface area contributed by atoms with Crippen molar-refractivity contribution >= 4 is 17.2 Å². The van der Waals surface area contributed by atoms with Crippen LogP contribution in [0.5, 0.6) is 0 Å². The minimum Gasteiger partial charge on any atom is -0.321 e. The van der Waals surface area contributed by atoms with Crippen LogP contribution < -0.4 is 5.32 Å². The van der Waals surface area contributed by atoms with E-state index >= 15 is 0 Å². The van der Waals surface area contributed by atoms with Gasteiger partial charge in [-0.2, -0.15) is 0 Å². The van der Waals surface area contributed by atoms with Crippen molar-refractivity contribution < 1.29 is 4.79 Å². The lowest BCUT2D eigenvalue weighted by Crippen LogP contribution is -2.16. The third kappa shape index (κ3) is 2.60. The molecule has 3 rings (SSSR count). The van der Waals surface area contributed by atoms with E-state index in [2.05, 4.69) is 10.3 Å². The van der Waals surface area contributed by atoms with Crippen molar-refractivity contribution in [2.75, 3.05) is 5.32 Å². The van der Waals surface area contributed by atoms with Crippen molar-refractivity contribution in [3.8, 4) is 0 Å². The van der Waals surface area contributed by atoms with E-state index in [-0.39, 0.29) is 5.91 Å². The molecule has 0 aliphatic carbocycles. The number of carbonyl (C=O) groups excluding carboxylic acids is 1. The third-order valence-electron chi connectivity index (χ3n) is 3.70. The SMILES string of the molecule is CCc1nc2ccc(C)cn2c1C(=O)Nc1ccc(C)cc1. The maximum atomic E-state index is 12.7. The lowest BCUT2D eigenvalue weighted by molar-refractivity contribution is 0.102. The molecule has 22 heavy (non-hydrogen) atoms. The van der Waals surface area contributed by atoms with Crippen molar-refractivity contribution in [3.05, 3.63) is 65.1 Å². The summed E-state index contributed by atoms with van der Waals surface area (Å²) in [6.07, 6.45) is 2.67. The van der Waals surface area contributed by atoms with E-state index in [1.54, 1.807) is 0 Å². The number of aryl methyl sites for hydroxylation is 3. The fourth-order valence-corrected chi connectivity index (χ4v) is 2.51. The van der Waals surface area contributed by atoms with E-state index in [1.807, 2.05) is 67.8 Å². The first-order valence-electron chi connectivity index (χ1n) is 7.44. The molecule has 3 aromatic rings. The zero-order chi connectivity index (χ0) is 15.7. The van der Waals surface area contributed by atoms with Gasteiger partial charge in [-0.3, -0.25) is 9.20 Å². The van der Waals surface area contributed by atoms with Crippen molar-refractivity contribution in [3.63, 3.8) is 0 Å². The number of aromatic nitrogens is 2. The number of pyridine rings is 1. The average Bonchev–Trinajstić information content (AvgIpc) is 2.87. The second-order valence-electron chi connectivity index (χ2n) is 5.52. The minimum atomic E-state index is -0.126. The van der Waals surface area contributed by atoms with Gasteiger partial charge in [0.05, 0.1) is 5.69 Å². The smallest absolute Gasteiger partial charge is 0.274 e. The Balaban J connectivity index is 2.02. The first kappa shape index (κ1) is 14.3. The highest BCUT2D eigenvalue weighted by molar-refractivity contribution is 6.04. The number of rotatable bonds is 3. The van der Waals surface area contributed by atoms with Crippen molar-refractivity contribution in [1.29, 1.82) is 0 Å². The lowest BCUT2D eigenvalue weighted by Gasteiger charge is -2.07. The number of fused-ring (bicyclic) bond motifs is 1. The molecule has 1 aromatic carbocycles. The van der Waals surface area contributed by atoms with Crippen molar-refractivity contribution in [1.82, 2.24) is 9.38 Å². The first-order valence-corrected chi connectivity index (χ1v) is 7.44. The Morgan fingerprint density at radius 2 is 1.77 bits per heavy atom. The summed E-state index contributed by atoms with van der Waals surface area (Å²) in [7, 11) is 0. The van der Waals surface area contributed by atoms with E-state index in [9.17, 15) is 4.79 Å². The number of benzene rings is 1. The third-order valence-corrected chi connectivity index (χ3v) is 3.70. The molecule has 0 saturated heterocycles. The summed E-state index contributed by atoms with van der Waals surface area (Å²) in [6, 6.07) is 11.7. The Labute approximate surface area is 129 Å². The summed E-state index contributed by atoms with van der Waals surface area (Å²) in [5.74, 6) is -0.126.